The Bertz CT molecular complexity index is 1140. The number of hydrogen-bond acceptors (Lipinski definition) is 15. The van der Waals surface area contributed by atoms with E-state index in [2.05, 4.69) is 15.0 Å². The van der Waals surface area contributed by atoms with Crippen molar-refractivity contribution in [2.45, 2.75) is 0 Å². The predicted octanol–water partition coefficient (Wildman–Crippen LogP) is -10.1. The minimum atomic E-state index is -1.52. The number of carboxylic acids is 6. The predicted molar refractivity (Wildman–Crippen MR) is 140 cm³/mol. The standard InChI is InChI=1S/3C7H5NO4.3C2H7N.Eu/c3*9-6(10)4-2-1-3-5(8-4)7(11)12;3*1-3-2;/h3*1-3H,(H,9,10)(H,11,12);3*3H,1-2H3;/q;;;;;;+3/p-3. The maximum atomic E-state index is 10.2. The van der Waals surface area contributed by atoms with Crippen molar-refractivity contribution in [3.63, 3.8) is 0 Å². The number of nitrogens with two attached hydrogens (primary N) is 3. The summed E-state index contributed by atoms with van der Waals surface area (Å²) in [6.45, 7) is 0. The summed E-state index contributed by atoms with van der Waals surface area (Å²) >= 11 is 0. The molecule has 0 saturated heterocycles. The normalized spacial score (nSPS) is 8.48. The Morgan fingerprint density at radius 1 is 0.391 bits per heavy atom. The Kier molecular flexibility index (Phi) is 31.1. The molecule has 0 unspecified atom stereocenters. The third kappa shape index (κ3) is 24.1. The van der Waals surface area contributed by atoms with Crippen LogP contribution in [0.1, 0.15) is 62.9 Å². The van der Waals surface area contributed by atoms with Gasteiger partial charge in [-0.2, -0.15) is 0 Å². The molecule has 3 heterocycles. The summed E-state index contributed by atoms with van der Waals surface area (Å²) in [5.74, 6) is -9.09. The molecule has 6 N–H and O–H groups in total. The van der Waals surface area contributed by atoms with Gasteiger partial charge in [-0.3, -0.25) is 0 Å². The minimum Gasteiger partial charge on any atom is -0.543 e. The average molecular weight is 786 g/mol. The number of quaternary nitrogens is 3. The summed E-state index contributed by atoms with van der Waals surface area (Å²) in [5.41, 5.74) is -2.52. The SMILES string of the molecule is C[NH2+]C.C[NH2+]C.C[NH2+]C.O=C([O-])c1cccc(C(=O)[O-])n1.O=C([O-])c1cccc(C(=O)[O-])n1.O=C([O-])c1cccc(C(=O)[O-])n1.[Eu+3]. The fourth-order valence-electron chi connectivity index (χ4n) is 1.99. The van der Waals surface area contributed by atoms with Crippen molar-refractivity contribution in [3.8, 4) is 0 Å². The zero-order valence-electron chi connectivity index (χ0n) is 25.5. The van der Waals surface area contributed by atoms with E-state index in [1.54, 1.807) is 0 Å². The molecule has 0 atom stereocenters. The molecular weight excluding hydrogens is 752 g/mol. The first-order valence-electron chi connectivity index (χ1n) is 12.5. The van der Waals surface area contributed by atoms with Gasteiger partial charge in [-0.15, -0.1) is 0 Å². The van der Waals surface area contributed by atoms with Crippen molar-refractivity contribution in [2.24, 2.45) is 0 Å². The first kappa shape index (κ1) is 48.6. The van der Waals surface area contributed by atoms with Crippen molar-refractivity contribution >= 4 is 35.8 Å². The van der Waals surface area contributed by atoms with E-state index in [1.807, 2.05) is 58.2 Å². The Hall–Kier alpha value is -4.27. The monoisotopic (exact) mass is 786 g/mol. The van der Waals surface area contributed by atoms with Crippen LogP contribution in [0.5, 0.6) is 0 Å². The van der Waals surface area contributed by atoms with Crippen LogP contribution in [0.4, 0.5) is 0 Å². The molecule has 0 spiro atoms. The van der Waals surface area contributed by atoms with E-state index in [-0.39, 0.29) is 49.4 Å². The summed E-state index contributed by atoms with van der Waals surface area (Å²) in [6.07, 6.45) is 0. The van der Waals surface area contributed by atoms with Gasteiger partial charge in [-0.25, -0.2) is 15.0 Å². The van der Waals surface area contributed by atoms with Gasteiger partial charge in [-0.1, -0.05) is 18.2 Å². The van der Waals surface area contributed by atoms with E-state index in [1.165, 1.54) is 18.2 Å². The van der Waals surface area contributed by atoms with Gasteiger partial charge in [0, 0.05) is 0 Å². The topological polar surface area (TPSA) is 329 Å². The van der Waals surface area contributed by atoms with Crippen molar-refractivity contribution in [1.82, 2.24) is 15.0 Å². The molecule has 0 aliphatic rings. The summed E-state index contributed by atoms with van der Waals surface area (Å²) < 4.78 is 0. The van der Waals surface area contributed by atoms with Gasteiger partial charge in [0.05, 0.1) is 112 Å². The van der Waals surface area contributed by atoms with Gasteiger partial charge in [-0.05, 0) is 36.4 Å². The van der Waals surface area contributed by atoms with Crippen LogP contribution in [0, 0.1) is 49.4 Å². The number of carbonyl (C=O) groups is 6. The summed E-state index contributed by atoms with van der Waals surface area (Å²) in [6, 6.07) is 10.6. The molecule has 3 aromatic heterocycles. The van der Waals surface area contributed by atoms with Gasteiger partial charge in [0.1, 0.15) is 0 Å². The zero-order chi connectivity index (χ0) is 35.5. The summed E-state index contributed by atoms with van der Waals surface area (Å²) in [5, 5.41) is 67.1. The van der Waals surface area contributed by atoms with Gasteiger partial charge in [0.15, 0.2) is 0 Å². The second-order valence-electron chi connectivity index (χ2n) is 7.68. The molecule has 0 bridgehead atoms. The van der Waals surface area contributed by atoms with Crippen LogP contribution in [-0.2, 0) is 0 Å². The smallest absolute Gasteiger partial charge is 0.543 e. The number of aromatic nitrogens is 3. The van der Waals surface area contributed by atoms with E-state index in [9.17, 15) is 59.4 Å². The second kappa shape index (κ2) is 29.4. The number of pyridine rings is 3. The number of aromatic carboxylic acids is 6. The number of carbonyl (C=O) groups excluding carboxylic acids is 6. The molecule has 0 aromatic carbocycles. The van der Waals surface area contributed by atoms with Crippen LogP contribution in [0.15, 0.2) is 54.6 Å². The second-order valence-corrected chi connectivity index (χ2v) is 7.68. The third-order valence-electron chi connectivity index (χ3n) is 3.50. The van der Waals surface area contributed by atoms with Gasteiger partial charge in [0.25, 0.3) is 0 Å². The average Bonchev–Trinajstić information content (AvgIpc) is 2.99. The van der Waals surface area contributed by atoms with E-state index >= 15 is 0 Å². The molecule has 18 nitrogen and oxygen atoms in total. The molecule has 0 aliphatic carbocycles. The molecule has 0 aliphatic heterocycles. The van der Waals surface area contributed by atoms with Crippen LogP contribution < -0.4 is 46.6 Å². The van der Waals surface area contributed by atoms with Crippen molar-refractivity contribution in [1.29, 1.82) is 0 Å². The van der Waals surface area contributed by atoms with Gasteiger partial charge in [0.2, 0.25) is 0 Å². The maximum Gasteiger partial charge on any atom is 3.00 e. The maximum absolute atomic E-state index is 10.2. The fourth-order valence-corrected chi connectivity index (χ4v) is 1.99. The van der Waals surface area contributed by atoms with Crippen molar-refractivity contribution in [3.05, 3.63) is 88.8 Å². The molecule has 3 rings (SSSR count). The van der Waals surface area contributed by atoms with Crippen molar-refractivity contribution in [2.75, 3.05) is 42.3 Å². The van der Waals surface area contributed by atoms with E-state index in [0.29, 0.717) is 0 Å². The molecule has 0 amide bonds. The Balaban J connectivity index is -0.000000252. The quantitative estimate of drug-likeness (QED) is 0.209. The summed E-state index contributed by atoms with van der Waals surface area (Å²) in [4.78, 5) is 70.9. The van der Waals surface area contributed by atoms with E-state index in [0.717, 1.165) is 36.4 Å². The largest absolute Gasteiger partial charge is 3.00 e. The minimum absolute atomic E-state index is 0. The first-order valence-corrected chi connectivity index (χ1v) is 12.5. The molecule has 0 saturated carbocycles. The van der Waals surface area contributed by atoms with Crippen LogP contribution in [-0.4, -0.2) is 93.1 Å². The van der Waals surface area contributed by atoms with Gasteiger partial charge >= 0.3 is 49.4 Å². The molecule has 250 valence electrons. The number of nitrogens with zero attached hydrogens (tertiary/aromatic N) is 3. The molecule has 19 heteroatoms. The molecule has 0 fully saturated rings. The Labute approximate surface area is 304 Å². The summed E-state index contributed by atoms with van der Waals surface area (Å²) in [7, 11) is 12.0. The molecule has 3 aromatic rings. The van der Waals surface area contributed by atoms with E-state index < -0.39 is 70.0 Å². The Morgan fingerprint density at radius 3 is 0.587 bits per heavy atom. The molecule has 0 radical (unpaired) electrons. The van der Waals surface area contributed by atoms with Crippen LogP contribution in [0.2, 0.25) is 0 Å². The number of hydrogen-bond donors (Lipinski definition) is 3. The van der Waals surface area contributed by atoms with Crippen LogP contribution in [0.25, 0.3) is 0 Å². The molecular formula is C27H33EuN6O12. The molecule has 46 heavy (non-hydrogen) atoms. The third-order valence-corrected chi connectivity index (χ3v) is 3.50. The Morgan fingerprint density at radius 2 is 0.500 bits per heavy atom. The van der Waals surface area contributed by atoms with Crippen molar-refractivity contribution < 1.29 is 125 Å². The zero-order valence-corrected chi connectivity index (χ0v) is 28.0. The van der Waals surface area contributed by atoms with Gasteiger partial charge < -0.3 is 75.4 Å². The fraction of sp³-hybridized carbons (Fsp3) is 0.222. The first-order chi connectivity index (χ1) is 21.1. The number of rotatable bonds is 6. The van der Waals surface area contributed by atoms with Crippen LogP contribution in [0.3, 0.4) is 0 Å². The van der Waals surface area contributed by atoms with Crippen LogP contribution >= 0.6 is 0 Å². The number of carboxylic acid groups (broad SMARTS) is 6. The van der Waals surface area contributed by atoms with E-state index in [4.69, 9.17) is 0 Å².